The summed E-state index contributed by atoms with van der Waals surface area (Å²) in [6.07, 6.45) is 1.96. The molecule has 1 nitrogen and oxygen atoms in total. The lowest BCUT2D eigenvalue weighted by molar-refractivity contribution is 0.0931. The number of carbonyl (C=O) groups is 1. The Balaban J connectivity index is 2.77. The zero-order chi connectivity index (χ0) is 9.84. The fraction of sp³-hybridized carbons (Fsp3) is 0.545. The Morgan fingerprint density at radius 3 is 2.62 bits per heavy atom. The summed E-state index contributed by atoms with van der Waals surface area (Å²) in [7, 11) is 0. The maximum absolute atomic E-state index is 11.7. The molecule has 2 heteroatoms. The molecule has 0 spiro atoms. The third-order valence-corrected chi connectivity index (χ3v) is 3.56. The number of rotatable bonds is 4. The average Bonchev–Trinajstić information content (AvgIpc) is 2.63. The molecule has 0 fully saturated rings. The van der Waals surface area contributed by atoms with Crippen molar-refractivity contribution in [3.63, 3.8) is 0 Å². The Kier molecular flexibility index (Phi) is 3.67. The SMILES string of the molecule is CCc1ccc(C(=O)C(C)CC)s1. The molecular weight excluding hydrogens is 180 g/mol. The van der Waals surface area contributed by atoms with Gasteiger partial charge in [-0.3, -0.25) is 4.79 Å². The smallest absolute Gasteiger partial charge is 0.175 e. The quantitative estimate of drug-likeness (QED) is 0.673. The van der Waals surface area contributed by atoms with Gasteiger partial charge in [-0.1, -0.05) is 20.8 Å². The number of carbonyl (C=O) groups excluding carboxylic acids is 1. The Morgan fingerprint density at radius 2 is 2.15 bits per heavy atom. The maximum Gasteiger partial charge on any atom is 0.175 e. The second-order valence-corrected chi connectivity index (χ2v) is 4.46. The number of ketones is 1. The van der Waals surface area contributed by atoms with Gasteiger partial charge in [0.05, 0.1) is 4.88 Å². The Morgan fingerprint density at radius 1 is 1.46 bits per heavy atom. The summed E-state index contributed by atoms with van der Waals surface area (Å²) in [5.74, 6) is 0.468. The molecule has 1 atom stereocenters. The predicted molar refractivity (Wildman–Crippen MR) is 57.5 cm³/mol. The van der Waals surface area contributed by atoms with Crippen molar-refractivity contribution in [2.75, 3.05) is 0 Å². The van der Waals surface area contributed by atoms with E-state index in [1.54, 1.807) is 11.3 Å². The monoisotopic (exact) mass is 196 g/mol. The summed E-state index contributed by atoms with van der Waals surface area (Å²) in [5, 5.41) is 0. The summed E-state index contributed by atoms with van der Waals surface area (Å²) in [6, 6.07) is 4.01. The van der Waals surface area contributed by atoms with Gasteiger partial charge in [-0.25, -0.2) is 0 Å². The van der Waals surface area contributed by atoms with Crippen LogP contribution < -0.4 is 0 Å². The zero-order valence-electron chi connectivity index (χ0n) is 8.46. The van der Waals surface area contributed by atoms with E-state index in [1.165, 1.54) is 4.88 Å². The van der Waals surface area contributed by atoms with E-state index in [1.807, 2.05) is 13.0 Å². The van der Waals surface area contributed by atoms with Gasteiger partial charge in [0.25, 0.3) is 0 Å². The van der Waals surface area contributed by atoms with Gasteiger partial charge >= 0.3 is 0 Å². The highest BCUT2D eigenvalue weighted by molar-refractivity contribution is 7.14. The van der Waals surface area contributed by atoms with Gasteiger partial charge in [0, 0.05) is 10.8 Å². The molecule has 1 aromatic rings. The minimum Gasteiger partial charge on any atom is -0.293 e. The molecule has 0 aliphatic rings. The van der Waals surface area contributed by atoms with Gasteiger partial charge in [0.2, 0.25) is 0 Å². The van der Waals surface area contributed by atoms with E-state index in [-0.39, 0.29) is 5.92 Å². The first-order chi connectivity index (χ1) is 6.19. The molecule has 0 saturated carbocycles. The van der Waals surface area contributed by atoms with E-state index in [4.69, 9.17) is 0 Å². The third-order valence-electron chi connectivity index (χ3n) is 2.31. The molecule has 0 aliphatic heterocycles. The van der Waals surface area contributed by atoms with Gasteiger partial charge in [-0.05, 0) is 25.0 Å². The van der Waals surface area contributed by atoms with Crippen LogP contribution in [0.3, 0.4) is 0 Å². The molecular formula is C11H16OS. The van der Waals surface area contributed by atoms with E-state index in [0.29, 0.717) is 5.78 Å². The van der Waals surface area contributed by atoms with Crippen LogP contribution in [0.4, 0.5) is 0 Å². The fourth-order valence-electron chi connectivity index (χ4n) is 1.13. The normalized spacial score (nSPS) is 12.8. The van der Waals surface area contributed by atoms with Crippen LogP contribution in [0.15, 0.2) is 12.1 Å². The Hall–Kier alpha value is -0.630. The number of hydrogen-bond acceptors (Lipinski definition) is 2. The molecule has 13 heavy (non-hydrogen) atoms. The van der Waals surface area contributed by atoms with Crippen molar-refractivity contribution in [1.82, 2.24) is 0 Å². The summed E-state index contributed by atoms with van der Waals surface area (Å²) < 4.78 is 0. The van der Waals surface area contributed by atoms with Crippen molar-refractivity contribution in [2.24, 2.45) is 5.92 Å². The van der Waals surface area contributed by atoms with E-state index >= 15 is 0 Å². The van der Waals surface area contributed by atoms with E-state index in [2.05, 4.69) is 19.9 Å². The highest BCUT2D eigenvalue weighted by atomic mass is 32.1. The largest absolute Gasteiger partial charge is 0.293 e. The lowest BCUT2D eigenvalue weighted by atomic mass is 10.0. The molecule has 0 radical (unpaired) electrons. The first-order valence-electron chi connectivity index (χ1n) is 4.82. The van der Waals surface area contributed by atoms with Crippen LogP contribution in [0.2, 0.25) is 0 Å². The van der Waals surface area contributed by atoms with Gasteiger partial charge in [0.1, 0.15) is 0 Å². The lowest BCUT2D eigenvalue weighted by Crippen LogP contribution is -2.07. The van der Waals surface area contributed by atoms with Crippen LogP contribution in [0.25, 0.3) is 0 Å². The minimum absolute atomic E-state index is 0.170. The van der Waals surface area contributed by atoms with Crippen molar-refractivity contribution in [3.8, 4) is 0 Å². The molecule has 1 heterocycles. The topological polar surface area (TPSA) is 17.1 Å². The number of thiophene rings is 1. The summed E-state index contributed by atoms with van der Waals surface area (Å²) in [5.41, 5.74) is 0. The maximum atomic E-state index is 11.7. The minimum atomic E-state index is 0.170. The molecule has 0 aliphatic carbocycles. The molecule has 0 amide bonds. The molecule has 0 saturated heterocycles. The molecule has 72 valence electrons. The van der Waals surface area contributed by atoms with E-state index in [0.717, 1.165) is 17.7 Å². The van der Waals surface area contributed by atoms with Crippen molar-refractivity contribution in [1.29, 1.82) is 0 Å². The Labute approximate surface area is 83.8 Å². The molecule has 0 N–H and O–H groups in total. The molecule has 1 rings (SSSR count). The van der Waals surface area contributed by atoms with Gasteiger partial charge in [-0.2, -0.15) is 0 Å². The molecule has 0 bridgehead atoms. The van der Waals surface area contributed by atoms with Crippen LogP contribution in [0.1, 0.15) is 41.7 Å². The second kappa shape index (κ2) is 4.56. The number of aryl methyl sites for hydroxylation is 1. The first-order valence-corrected chi connectivity index (χ1v) is 5.63. The Bertz CT molecular complexity index is 288. The third kappa shape index (κ3) is 2.41. The van der Waals surface area contributed by atoms with Crippen LogP contribution in [0.5, 0.6) is 0 Å². The summed E-state index contributed by atoms with van der Waals surface area (Å²) in [6.45, 7) is 6.16. The lowest BCUT2D eigenvalue weighted by Gasteiger charge is -2.03. The van der Waals surface area contributed by atoms with Gasteiger partial charge < -0.3 is 0 Å². The van der Waals surface area contributed by atoms with Crippen LogP contribution in [-0.4, -0.2) is 5.78 Å². The highest BCUT2D eigenvalue weighted by Crippen LogP contribution is 2.21. The number of hydrogen-bond donors (Lipinski definition) is 0. The van der Waals surface area contributed by atoms with Crippen LogP contribution in [-0.2, 0) is 6.42 Å². The van der Waals surface area contributed by atoms with E-state index in [9.17, 15) is 4.79 Å². The van der Waals surface area contributed by atoms with Crippen molar-refractivity contribution < 1.29 is 4.79 Å². The van der Waals surface area contributed by atoms with Crippen molar-refractivity contribution in [2.45, 2.75) is 33.6 Å². The van der Waals surface area contributed by atoms with Gasteiger partial charge in [0.15, 0.2) is 5.78 Å². The first kappa shape index (κ1) is 10.5. The highest BCUT2D eigenvalue weighted by Gasteiger charge is 2.14. The van der Waals surface area contributed by atoms with Gasteiger partial charge in [-0.15, -0.1) is 11.3 Å². The molecule has 0 aromatic carbocycles. The fourth-order valence-corrected chi connectivity index (χ4v) is 2.13. The standard InChI is InChI=1S/C11H16OS/c1-4-8(3)11(12)10-7-6-9(5-2)13-10/h6-8H,4-5H2,1-3H3. The predicted octanol–water partition coefficient (Wildman–Crippen LogP) is 3.54. The summed E-state index contributed by atoms with van der Waals surface area (Å²) >= 11 is 1.64. The number of Topliss-reactive ketones (excluding diaryl/α,β-unsaturated/α-hetero) is 1. The van der Waals surface area contributed by atoms with E-state index < -0.39 is 0 Å². The molecule has 1 aromatic heterocycles. The van der Waals surface area contributed by atoms with Crippen LogP contribution >= 0.6 is 11.3 Å². The second-order valence-electron chi connectivity index (χ2n) is 3.29. The summed E-state index contributed by atoms with van der Waals surface area (Å²) in [4.78, 5) is 13.9. The van der Waals surface area contributed by atoms with Crippen molar-refractivity contribution in [3.05, 3.63) is 21.9 Å². The van der Waals surface area contributed by atoms with Crippen molar-refractivity contribution >= 4 is 17.1 Å². The average molecular weight is 196 g/mol. The zero-order valence-corrected chi connectivity index (χ0v) is 9.28. The molecule has 1 unspecified atom stereocenters. The van der Waals surface area contributed by atoms with Crippen LogP contribution in [0, 0.1) is 5.92 Å².